The standard InChI is InChI=1S/C25H19FN4O2S/c1-29-22-20(24(31)30(2)25(29)32)23(28-21(27-22)16-10-12-18(26)13-11-16)33-14-17-8-5-7-15-6-3-4-9-19(15)17/h3-13H,14H2,1-2H3. The van der Waals surface area contributed by atoms with Gasteiger partial charge in [-0.25, -0.2) is 19.2 Å². The molecule has 0 unspecified atom stereocenters. The number of rotatable bonds is 4. The molecule has 0 atom stereocenters. The molecule has 0 bridgehead atoms. The maximum Gasteiger partial charge on any atom is 0.332 e. The molecule has 6 nitrogen and oxygen atoms in total. The summed E-state index contributed by atoms with van der Waals surface area (Å²) in [5, 5.41) is 3.03. The van der Waals surface area contributed by atoms with Crippen molar-refractivity contribution >= 4 is 33.6 Å². The minimum Gasteiger partial charge on any atom is -0.280 e. The molecule has 0 saturated carbocycles. The quantitative estimate of drug-likeness (QED) is 0.297. The molecule has 8 heteroatoms. The lowest BCUT2D eigenvalue weighted by Crippen LogP contribution is -2.37. The molecular weight excluding hydrogens is 439 g/mol. The summed E-state index contributed by atoms with van der Waals surface area (Å²) in [7, 11) is 3.02. The molecule has 2 heterocycles. The summed E-state index contributed by atoms with van der Waals surface area (Å²) in [6, 6.07) is 20.0. The molecule has 0 fully saturated rings. The highest BCUT2D eigenvalue weighted by molar-refractivity contribution is 7.98. The Morgan fingerprint density at radius 1 is 0.879 bits per heavy atom. The minimum atomic E-state index is -0.471. The van der Waals surface area contributed by atoms with E-state index in [0.29, 0.717) is 22.2 Å². The van der Waals surface area contributed by atoms with Crippen LogP contribution in [0, 0.1) is 5.82 Å². The predicted octanol–water partition coefficient (Wildman–Crippen LogP) is 4.28. The number of fused-ring (bicyclic) bond motifs is 2. The third-order valence-electron chi connectivity index (χ3n) is 5.61. The maximum atomic E-state index is 13.5. The predicted molar refractivity (Wildman–Crippen MR) is 129 cm³/mol. The second-order valence-corrected chi connectivity index (χ2v) is 8.65. The van der Waals surface area contributed by atoms with E-state index in [-0.39, 0.29) is 16.9 Å². The number of thioether (sulfide) groups is 1. The van der Waals surface area contributed by atoms with Crippen molar-refractivity contribution in [1.29, 1.82) is 0 Å². The van der Waals surface area contributed by atoms with Gasteiger partial charge in [-0.15, -0.1) is 11.8 Å². The molecule has 5 aromatic rings. The molecule has 2 aromatic heterocycles. The number of nitrogens with zero attached hydrogens (tertiary/aromatic N) is 4. The molecule has 0 aliphatic rings. The molecular formula is C25H19FN4O2S. The molecule has 3 aromatic carbocycles. The first-order chi connectivity index (χ1) is 15.9. The third kappa shape index (κ3) is 3.72. The zero-order valence-electron chi connectivity index (χ0n) is 17.9. The van der Waals surface area contributed by atoms with E-state index >= 15 is 0 Å². The molecule has 33 heavy (non-hydrogen) atoms. The summed E-state index contributed by atoms with van der Waals surface area (Å²) in [6.07, 6.45) is 0. The van der Waals surface area contributed by atoms with Crippen molar-refractivity contribution in [2.75, 3.05) is 0 Å². The second-order valence-electron chi connectivity index (χ2n) is 7.69. The highest BCUT2D eigenvalue weighted by Crippen LogP contribution is 2.30. The SMILES string of the molecule is Cn1c(=O)c2c(SCc3cccc4ccccc34)nc(-c3ccc(F)cc3)nc2n(C)c1=O. The Labute approximate surface area is 192 Å². The summed E-state index contributed by atoms with van der Waals surface area (Å²) in [4.78, 5) is 34.8. The number of halogens is 1. The Balaban J connectivity index is 1.69. The van der Waals surface area contributed by atoms with E-state index in [2.05, 4.69) is 28.2 Å². The topological polar surface area (TPSA) is 69.8 Å². The molecule has 0 N–H and O–H groups in total. The fourth-order valence-electron chi connectivity index (χ4n) is 3.83. The highest BCUT2D eigenvalue weighted by atomic mass is 32.2. The van der Waals surface area contributed by atoms with E-state index in [1.54, 1.807) is 19.2 Å². The average molecular weight is 459 g/mol. The zero-order valence-corrected chi connectivity index (χ0v) is 18.8. The van der Waals surface area contributed by atoms with Gasteiger partial charge in [0.15, 0.2) is 11.5 Å². The van der Waals surface area contributed by atoms with Gasteiger partial charge >= 0.3 is 5.69 Å². The van der Waals surface area contributed by atoms with Crippen LogP contribution in [0.15, 0.2) is 81.3 Å². The number of aromatic nitrogens is 4. The fraction of sp³-hybridized carbons (Fsp3) is 0.120. The first-order valence-corrected chi connectivity index (χ1v) is 11.3. The van der Waals surface area contributed by atoms with Crippen LogP contribution in [0.5, 0.6) is 0 Å². The Morgan fingerprint density at radius 3 is 2.39 bits per heavy atom. The van der Waals surface area contributed by atoms with Crippen LogP contribution in [0.2, 0.25) is 0 Å². The molecule has 0 radical (unpaired) electrons. The van der Waals surface area contributed by atoms with Gasteiger partial charge in [0.25, 0.3) is 5.56 Å². The molecule has 5 rings (SSSR count). The molecule has 0 spiro atoms. The Bertz CT molecular complexity index is 1640. The van der Waals surface area contributed by atoms with Crippen molar-refractivity contribution in [2.24, 2.45) is 14.1 Å². The van der Waals surface area contributed by atoms with Crippen LogP contribution < -0.4 is 11.2 Å². The second kappa shape index (κ2) is 8.29. The number of aryl methyl sites for hydroxylation is 1. The van der Waals surface area contributed by atoms with Crippen LogP contribution >= 0.6 is 11.8 Å². The summed E-state index contributed by atoms with van der Waals surface area (Å²) >= 11 is 1.41. The lowest BCUT2D eigenvalue weighted by molar-refractivity contribution is 0.628. The van der Waals surface area contributed by atoms with E-state index in [1.807, 2.05) is 24.3 Å². The van der Waals surface area contributed by atoms with Crippen LogP contribution in [-0.2, 0) is 19.8 Å². The Morgan fingerprint density at radius 2 is 1.61 bits per heavy atom. The van der Waals surface area contributed by atoms with Crippen LogP contribution in [0.4, 0.5) is 4.39 Å². The smallest absolute Gasteiger partial charge is 0.280 e. The molecule has 0 amide bonds. The van der Waals surface area contributed by atoms with Crippen LogP contribution in [-0.4, -0.2) is 19.1 Å². The van der Waals surface area contributed by atoms with Gasteiger partial charge in [-0.1, -0.05) is 42.5 Å². The molecule has 0 saturated heterocycles. The van der Waals surface area contributed by atoms with Crippen LogP contribution in [0.1, 0.15) is 5.56 Å². The summed E-state index contributed by atoms with van der Waals surface area (Å²) in [6.45, 7) is 0. The van der Waals surface area contributed by atoms with Gasteiger partial charge in [-0.2, -0.15) is 0 Å². The summed E-state index contributed by atoms with van der Waals surface area (Å²) in [5.74, 6) is 0.528. The lowest BCUT2D eigenvalue weighted by Gasteiger charge is -2.12. The largest absolute Gasteiger partial charge is 0.332 e. The van der Waals surface area contributed by atoms with Crippen LogP contribution in [0.3, 0.4) is 0 Å². The van der Waals surface area contributed by atoms with Crippen molar-refractivity contribution < 1.29 is 4.39 Å². The van der Waals surface area contributed by atoms with E-state index in [4.69, 9.17) is 0 Å². The van der Waals surface area contributed by atoms with Gasteiger partial charge in [0.05, 0.1) is 0 Å². The Kier molecular flexibility index (Phi) is 5.30. The summed E-state index contributed by atoms with van der Waals surface area (Å²) in [5.41, 5.74) is 1.03. The van der Waals surface area contributed by atoms with E-state index in [9.17, 15) is 14.0 Å². The number of benzene rings is 3. The van der Waals surface area contributed by atoms with Gasteiger partial charge in [0, 0.05) is 25.4 Å². The highest BCUT2D eigenvalue weighted by Gasteiger charge is 2.18. The normalized spacial score (nSPS) is 11.4. The first kappa shape index (κ1) is 21.1. The first-order valence-electron chi connectivity index (χ1n) is 10.3. The van der Waals surface area contributed by atoms with Gasteiger partial charge < -0.3 is 0 Å². The van der Waals surface area contributed by atoms with Crippen molar-refractivity contribution in [2.45, 2.75) is 10.8 Å². The van der Waals surface area contributed by atoms with Gasteiger partial charge in [0.2, 0.25) is 0 Å². The van der Waals surface area contributed by atoms with Crippen molar-refractivity contribution in [3.05, 3.63) is 98.9 Å². The average Bonchev–Trinajstić information content (AvgIpc) is 2.84. The van der Waals surface area contributed by atoms with Gasteiger partial charge in [-0.05, 0) is 40.6 Å². The molecule has 0 aliphatic heterocycles. The monoisotopic (exact) mass is 458 g/mol. The van der Waals surface area contributed by atoms with E-state index in [1.165, 1.54) is 35.5 Å². The molecule has 164 valence electrons. The van der Waals surface area contributed by atoms with Gasteiger partial charge in [-0.3, -0.25) is 13.9 Å². The van der Waals surface area contributed by atoms with Crippen molar-refractivity contribution in [1.82, 2.24) is 19.1 Å². The minimum absolute atomic E-state index is 0.248. The van der Waals surface area contributed by atoms with Crippen LogP contribution in [0.25, 0.3) is 33.2 Å². The third-order valence-corrected chi connectivity index (χ3v) is 6.64. The van der Waals surface area contributed by atoms with Gasteiger partial charge in [0.1, 0.15) is 16.2 Å². The zero-order chi connectivity index (χ0) is 23.1. The van der Waals surface area contributed by atoms with Crippen molar-refractivity contribution in [3.8, 4) is 11.4 Å². The summed E-state index contributed by atoms with van der Waals surface area (Å²) < 4.78 is 15.9. The number of hydrogen-bond donors (Lipinski definition) is 0. The lowest BCUT2D eigenvalue weighted by atomic mass is 10.1. The molecule has 0 aliphatic carbocycles. The fourth-order valence-corrected chi connectivity index (χ4v) is 4.84. The van der Waals surface area contributed by atoms with E-state index in [0.717, 1.165) is 20.9 Å². The maximum absolute atomic E-state index is 13.5. The van der Waals surface area contributed by atoms with E-state index < -0.39 is 11.2 Å². The number of hydrogen-bond acceptors (Lipinski definition) is 5. The van der Waals surface area contributed by atoms with Crippen molar-refractivity contribution in [3.63, 3.8) is 0 Å². The Hall–Kier alpha value is -3.78.